The van der Waals surface area contributed by atoms with Crippen molar-refractivity contribution < 1.29 is 9.59 Å². The minimum atomic E-state index is 0.0142. The van der Waals surface area contributed by atoms with E-state index in [4.69, 9.17) is 0 Å². The molecule has 1 aliphatic carbocycles. The van der Waals surface area contributed by atoms with Crippen molar-refractivity contribution in [1.82, 2.24) is 4.90 Å². The zero-order valence-corrected chi connectivity index (χ0v) is 11.2. The summed E-state index contributed by atoms with van der Waals surface area (Å²) >= 11 is 3.44. The monoisotopic (exact) mass is 287 g/mol. The molecule has 0 spiro atoms. The average molecular weight is 288 g/mol. The van der Waals surface area contributed by atoms with E-state index in [9.17, 15) is 9.59 Å². The van der Waals surface area contributed by atoms with Gasteiger partial charge in [0, 0.05) is 11.9 Å². The molecule has 3 nitrogen and oxygen atoms in total. The summed E-state index contributed by atoms with van der Waals surface area (Å²) in [5.41, 5.74) is 0. The normalized spacial score (nSPS) is 31.0. The summed E-state index contributed by atoms with van der Waals surface area (Å²) in [5.74, 6) is 0.603. The van der Waals surface area contributed by atoms with Gasteiger partial charge in [0.25, 0.3) is 0 Å². The molecule has 0 aromatic rings. The average Bonchev–Trinajstić information content (AvgIpc) is 2.84. The Hall–Kier alpha value is -0.380. The molecule has 1 saturated carbocycles. The second-order valence-corrected chi connectivity index (χ2v) is 5.51. The fraction of sp³-hybridized carbons (Fsp3) is 0.833. The first-order valence-corrected chi connectivity index (χ1v) is 7.22. The highest BCUT2D eigenvalue weighted by molar-refractivity contribution is 9.09. The fourth-order valence-corrected chi connectivity index (χ4v) is 3.45. The molecule has 1 aliphatic heterocycles. The van der Waals surface area contributed by atoms with Gasteiger partial charge in [-0.05, 0) is 18.8 Å². The van der Waals surface area contributed by atoms with E-state index in [1.54, 1.807) is 0 Å². The van der Waals surface area contributed by atoms with Crippen molar-refractivity contribution in [2.75, 3.05) is 11.9 Å². The molecule has 2 aliphatic rings. The highest BCUT2D eigenvalue weighted by atomic mass is 79.9. The smallest absolute Gasteiger partial charge is 0.233 e. The van der Waals surface area contributed by atoms with E-state index < -0.39 is 0 Å². The summed E-state index contributed by atoms with van der Waals surface area (Å²) in [4.78, 5) is 25.6. The molecule has 3 atom stereocenters. The summed E-state index contributed by atoms with van der Waals surface area (Å²) in [6.45, 7) is 2.70. The summed E-state index contributed by atoms with van der Waals surface area (Å²) in [7, 11) is 0. The van der Waals surface area contributed by atoms with Gasteiger partial charge < -0.3 is 0 Å². The highest BCUT2D eigenvalue weighted by Gasteiger charge is 2.49. The van der Waals surface area contributed by atoms with Gasteiger partial charge in [0.05, 0.1) is 11.8 Å². The van der Waals surface area contributed by atoms with Crippen LogP contribution in [0.15, 0.2) is 0 Å². The van der Waals surface area contributed by atoms with Crippen molar-refractivity contribution in [3.05, 3.63) is 0 Å². The number of likely N-dealkylation sites (tertiary alicyclic amines) is 1. The minimum absolute atomic E-state index is 0.0142. The van der Waals surface area contributed by atoms with Crippen molar-refractivity contribution >= 4 is 27.7 Å². The van der Waals surface area contributed by atoms with Crippen LogP contribution in [0.25, 0.3) is 0 Å². The molecule has 0 aromatic heterocycles. The minimum Gasteiger partial charge on any atom is -0.282 e. The van der Waals surface area contributed by atoms with Gasteiger partial charge in [-0.15, -0.1) is 0 Å². The number of fused-ring (bicyclic) bond motifs is 1. The Bertz CT molecular complexity index is 279. The van der Waals surface area contributed by atoms with Crippen LogP contribution in [0, 0.1) is 17.8 Å². The molecule has 2 amide bonds. The molecule has 4 heteroatoms. The molecule has 1 heterocycles. The van der Waals surface area contributed by atoms with Gasteiger partial charge in [-0.3, -0.25) is 14.5 Å². The summed E-state index contributed by atoms with van der Waals surface area (Å²) in [5, 5.41) is 0.857. The number of halogens is 1. The molecule has 2 rings (SSSR count). The Labute approximate surface area is 105 Å². The molecular formula is C12H18BrNO2. The zero-order valence-electron chi connectivity index (χ0n) is 9.62. The van der Waals surface area contributed by atoms with Crippen LogP contribution in [-0.4, -0.2) is 28.6 Å². The Kier molecular flexibility index (Phi) is 3.67. The lowest BCUT2D eigenvalue weighted by atomic mass is 10.00. The molecule has 1 saturated heterocycles. The number of alkyl halides is 1. The van der Waals surface area contributed by atoms with E-state index in [1.165, 1.54) is 4.90 Å². The number of hydrogen-bond donors (Lipinski definition) is 0. The van der Waals surface area contributed by atoms with E-state index in [1.807, 2.05) is 0 Å². The van der Waals surface area contributed by atoms with E-state index in [0.29, 0.717) is 12.5 Å². The number of nitrogens with zero attached hydrogens (tertiary/aromatic N) is 1. The summed E-state index contributed by atoms with van der Waals surface area (Å²) in [6.07, 6.45) is 3.86. The second kappa shape index (κ2) is 4.86. The predicted molar refractivity (Wildman–Crippen MR) is 65.1 cm³/mol. The van der Waals surface area contributed by atoms with Crippen molar-refractivity contribution in [3.63, 3.8) is 0 Å². The van der Waals surface area contributed by atoms with Gasteiger partial charge >= 0.3 is 0 Å². The highest BCUT2D eigenvalue weighted by Crippen LogP contribution is 2.40. The van der Waals surface area contributed by atoms with Gasteiger partial charge in [0.15, 0.2) is 0 Å². The molecule has 3 unspecified atom stereocenters. The Morgan fingerprint density at radius 3 is 2.31 bits per heavy atom. The first-order valence-electron chi connectivity index (χ1n) is 6.10. The molecule has 0 N–H and O–H groups in total. The first-order chi connectivity index (χ1) is 7.69. The van der Waals surface area contributed by atoms with E-state index >= 15 is 0 Å². The van der Waals surface area contributed by atoms with Crippen molar-refractivity contribution in [2.45, 2.75) is 32.6 Å². The van der Waals surface area contributed by atoms with Gasteiger partial charge in [0.2, 0.25) is 11.8 Å². The molecule has 0 radical (unpaired) electrons. The SMILES string of the molecule is CCC(CBr)CN1C(=O)C2CCCC2C1=O. The van der Waals surface area contributed by atoms with Gasteiger partial charge in [-0.25, -0.2) is 0 Å². The Morgan fingerprint density at radius 2 is 1.88 bits per heavy atom. The lowest BCUT2D eigenvalue weighted by molar-refractivity contribution is -0.140. The number of amides is 2. The van der Waals surface area contributed by atoms with Gasteiger partial charge in [-0.2, -0.15) is 0 Å². The van der Waals surface area contributed by atoms with E-state index in [-0.39, 0.29) is 23.7 Å². The van der Waals surface area contributed by atoms with E-state index in [0.717, 1.165) is 31.0 Å². The molecule has 90 valence electrons. The molecule has 0 bridgehead atoms. The third kappa shape index (κ3) is 1.92. The molecule has 2 fully saturated rings. The number of rotatable bonds is 4. The van der Waals surface area contributed by atoms with Crippen LogP contribution < -0.4 is 0 Å². The van der Waals surface area contributed by atoms with Crippen LogP contribution in [0.5, 0.6) is 0 Å². The summed E-state index contributed by atoms with van der Waals surface area (Å²) < 4.78 is 0. The standard InChI is InChI=1S/C12H18BrNO2/c1-2-8(6-13)7-14-11(15)9-4-3-5-10(9)12(14)16/h8-10H,2-7H2,1H3. The second-order valence-electron chi connectivity index (χ2n) is 4.86. The molecule has 0 aromatic carbocycles. The van der Waals surface area contributed by atoms with Gasteiger partial charge in [-0.1, -0.05) is 35.7 Å². The number of hydrogen-bond acceptors (Lipinski definition) is 2. The quantitative estimate of drug-likeness (QED) is 0.587. The maximum atomic E-state index is 12.1. The third-order valence-electron chi connectivity index (χ3n) is 3.92. The van der Waals surface area contributed by atoms with Crippen LogP contribution in [0.1, 0.15) is 32.6 Å². The predicted octanol–water partition coefficient (Wildman–Crippen LogP) is 2.19. The lowest BCUT2D eigenvalue weighted by Crippen LogP contribution is -2.36. The first kappa shape index (κ1) is 12.1. The lowest BCUT2D eigenvalue weighted by Gasteiger charge is -2.20. The summed E-state index contributed by atoms with van der Waals surface area (Å²) in [6, 6.07) is 0. The number of imide groups is 1. The van der Waals surface area contributed by atoms with Crippen LogP contribution >= 0.6 is 15.9 Å². The maximum absolute atomic E-state index is 12.1. The van der Waals surface area contributed by atoms with Crippen molar-refractivity contribution in [2.24, 2.45) is 17.8 Å². The van der Waals surface area contributed by atoms with Crippen LogP contribution in [0.4, 0.5) is 0 Å². The fourth-order valence-electron chi connectivity index (χ4n) is 2.79. The Morgan fingerprint density at radius 1 is 1.31 bits per heavy atom. The van der Waals surface area contributed by atoms with Crippen LogP contribution in [-0.2, 0) is 9.59 Å². The zero-order chi connectivity index (χ0) is 11.7. The van der Waals surface area contributed by atoms with Crippen molar-refractivity contribution in [1.29, 1.82) is 0 Å². The largest absolute Gasteiger partial charge is 0.282 e. The van der Waals surface area contributed by atoms with Crippen LogP contribution in [0.3, 0.4) is 0 Å². The molecule has 16 heavy (non-hydrogen) atoms. The number of carbonyl (C=O) groups excluding carboxylic acids is 2. The number of carbonyl (C=O) groups is 2. The molecular weight excluding hydrogens is 270 g/mol. The maximum Gasteiger partial charge on any atom is 0.233 e. The van der Waals surface area contributed by atoms with Gasteiger partial charge in [0.1, 0.15) is 0 Å². The third-order valence-corrected chi connectivity index (χ3v) is 4.83. The van der Waals surface area contributed by atoms with E-state index in [2.05, 4.69) is 22.9 Å². The van der Waals surface area contributed by atoms with Crippen molar-refractivity contribution in [3.8, 4) is 0 Å². The topological polar surface area (TPSA) is 37.4 Å². The van der Waals surface area contributed by atoms with Crippen LogP contribution in [0.2, 0.25) is 0 Å². The Balaban J connectivity index is 2.06.